The van der Waals surface area contributed by atoms with Gasteiger partial charge in [-0.25, -0.2) is 0 Å². The van der Waals surface area contributed by atoms with Crippen molar-refractivity contribution < 1.29 is 0 Å². The van der Waals surface area contributed by atoms with Crippen LogP contribution >= 0.6 is 0 Å². The molecular weight excluding hydrogens is 156 g/mol. The van der Waals surface area contributed by atoms with E-state index in [-0.39, 0.29) is 0 Å². The lowest BCUT2D eigenvalue weighted by molar-refractivity contribution is -0.104. The van der Waals surface area contributed by atoms with Gasteiger partial charge in [-0.2, -0.15) is 0 Å². The summed E-state index contributed by atoms with van der Waals surface area (Å²) in [7, 11) is 0. The lowest BCUT2D eigenvalue weighted by Crippen LogP contribution is -2.53. The minimum Gasteiger partial charge on any atom is -0.103 e. The third-order valence-corrected chi connectivity index (χ3v) is 5.26. The second-order valence-electron chi connectivity index (χ2n) is 5.26. The summed E-state index contributed by atoms with van der Waals surface area (Å²) in [6, 6.07) is 0. The van der Waals surface area contributed by atoms with Gasteiger partial charge in [-0.15, -0.1) is 6.58 Å². The Labute approximate surface area is 82.4 Å². The van der Waals surface area contributed by atoms with E-state index in [4.69, 9.17) is 0 Å². The topological polar surface area (TPSA) is 0 Å². The number of hydrogen-bond donors (Lipinski definition) is 0. The summed E-state index contributed by atoms with van der Waals surface area (Å²) in [4.78, 5) is 0. The highest BCUT2D eigenvalue weighted by molar-refractivity contribution is 5.15. The van der Waals surface area contributed by atoms with E-state index in [9.17, 15) is 0 Å². The highest BCUT2D eigenvalue weighted by Crippen LogP contribution is 2.66. The average Bonchev–Trinajstić information content (AvgIpc) is 2.02. The molecule has 0 aromatic carbocycles. The summed E-state index contributed by atoms with van der Waals surface area (Å²) in [5.41, 5.74) is 1.11. The first-order chi connectivity index (χ1) is 6.18. The predicted octanol–water partition coefficient (Wildman–Crippen LogP) is 4.17. The molecule has 2 unspecified atom stereocenters. The fourth-order valence-corrected chi connectivity index (χ4v) is 3.56. The van der Waals surface area contributed by atoms with Crippen molar-refractivity contribution in [1.29, 1.82) is 0 Å². The summed E-state index contributed by atoms with van der Waals surface area (Å²) < 4.78 is 0. The van der Waals surface area contributed by atoms with Gasteiger partial charge in [-0.1, -0.05) is 26.3 Å². The number of rotatable bonds is 3. The second-order valence-corrected chi connectivity index (χ2v) is 5.26. The van der Waals surface area contributed by atoms with Gasteiger partial charge in [0.05, 0.1) is 0 Å². The second kappa shape index (κ2) is 2.87. The molecule has 0 saturated heterocycles. The zero-order valence-corrected chi connectivity index (χ0v) is 9.10. The van der Waals surface area contributed by atoms with Gasteiger partial charge in [0.15, 0.2) is 0 Å². The van der Waals surface area contributed by atoms with E-state index >= 15 is 0 Å². The van der Waals surface area contributed by atoms with Gasteiger partial charge >= 0.3 is 0 Å². The Morgan fingerprint density at radius 2 is 2.08 bits per heavy atom. The van der Waals surface area contributed by atoms with Crippen molar-refractivity contribution >= 4 is 0 Å². The summed E-state index contributed by atoms with van der Waals surface area (Å²) in [6.45, 7) is 8.90. The highest BCUT2D eigenvalue weighted by Gasteiger charge is 2.57. The molecule has 0 bridgehead atoms. The van der Waals surface area contributed by atoms with Crippen molar-refractivity contribution in [3.8, 4) is 0 Å². The van der Waals surface area contributed by atoms with Gasteiger partial charge < -0.3 is 0 Å². The largest absolute Gasteiger partial charge is 0.103 e. The van der Waals surface area contributed by atoms with E-state index in [1.54, 1.807) is 0 Å². The molecule has 0 aliphatic heterocycles. The molecule has 2 aliphatic carbocycles. The van der Waals surface area contributed by atoms with Crippen LogP contribution in [0.15, 0.2) is 12.7 Å². The van der Waals surface area contributed by atoms with Gasteiger partial charge in [0.2, 0.25) is 0 Å². The Morgan fingerprint density at radius 3 is 2.31 bits per heavy atom. The minimum atomic E-state index is 0.498. The molecule has 0 heterocycles. The van der Waals surface area contributed by atoms with Gasteiger partial charge in [0.25, 0.3) is 0 Å². The zero-order chi connectivity index (χ0) is 9.53. The van der Waals surface area contributed by atoms with Crippen LogP contribution in [0.5, 0.6) is 0 Å². The normalized spacial score (nSPS) is 45.1. The van der Waals surface area contributed by atoms with Crippen molar-refractivity contribution in [3.05, 3.63) is 12.7 Å². The summed E-state index contributed by atoms with van der Waals surface area (Å²) in [5, 5.41) is 0. The first-order valence-electron chi connectivity index (χ1n) is 5.82. The quantitative estimate of drug-likeness (QED) is 0.569. The van der Waals surface area contributed by atoms with Crippen LogP contribution < -0.4 is 0 Å². The maximum absolute atomic E-state index is 4.06. The van der Waals surface area contributed by atoms with Crippen molar-refractivity contribution in [2.75, 3.05) is 0 Å². The predicted molar refractivity (Wildman–Crippen MR) is 57.6 cm³/mol. The Bertz CT molecular complexity index is 210. The van der Waals surface area contributed by atoms with Gasteiger partial charge in [0, 0.05) is 0 Å². The Hall–Kier alpha value is -0.260. The van der Waals surface area contributed by atoms with Crippen molar-refractivity contribution in [1.82, 2.24) is 0 Å². The summed E-state index contributed by atoms with van der Waals surface area (Å²) in [5.74, 6) is 1.01. The van der Waals surface area contributed by atoms with E-state index in [0.29, 0.717) is 10.8 Å². The minimum absolute atomic E-state index is 0.498. The molecule has 2 atom stereocenters. The first kappa shape index (κ1) is 9.30. The fourth-order valence-electron chi connectivity index (χ4n) is 3.56. The first-order valence-corrected chi connectivity index (χ1v) is 5.82. The van der Waals surface area contributed by atoms with Crippen LogP contribution in [0, 0.1) is 16.7 Å². The van der Waals surface area contributed by atoms with Gasteiger partial charge in [-0.3, -0.25) is 0 Å². The molecule has 2 rings (SSSR count). The van der Waals surface area contributed by atoms with Gasteiger partial charge in [0.1, 0.15) is 0 Å². The standard InChI is InChI=1S/C13H22/c1-4-13(5-2)10-9-12(13,3)11-7-6-8-11/h4,11H,1,5-10H2,2-3H3. The van der Waals surface area contributed by atoms with Crippen LogP contribution in [0.1, 0.15) is 52.4 Å². The van der Waals surface area contributed by atoms with Crippen LogP contribution in [-0.4, -0.2) is 0 Å². The van der Waals surface area contributed by atoms with E-state index in [1.807, 2.05) is 0 Å². The monoisotopic (exact) mass is 178 g/mol. The van der Waals surface area contributed by atoms with Crippen molar-refractivity contribution in [2.45, 2.75) is 52.4 Å². The number of allylic oxidation sites excluding steroid dienone is 1. The lowest BCUT2D eigenvalue weighted by Gasteiger charge is -2.62. The van der Waals surface area contributed by atoms with Crippen molar-refractivity contribution in [2.24, 2.45) is 16.7 Å². The molecule has 0 nitrogen and oxygen atoms in total. The molecule has 74 valence electrons. The lowest BCUT2D eigenvalue weighted by atomic mass is 9.42. The molecule has 2 aliphatic rings. The van der Waals surface area contributed by atoms with E-state index < -0.39 is 0 Å². The van der Waals surface area contributed by atoms with Crippen LogP contribution in [0.2, 0.25) is 0 Å². The van der Waals surface area contributed by atoms with Crippen LogP contribution in [0.25, 0.3) is 0 Å². The third-order valence-electron chi connectivity index (χ3n) is 5.26. The molecule has 0 N–H and O–H groups in total. The maximum Gasteiger partial charge on any atom is -0.00669 e. The van der Waals surface area contributed by atoms with Crippen LogP contribution in [0.3, 0.4) is 0 Å². The molecule has 0 aromatic heterocycles. The summed E-state index contributed by atoms with van der Waals surface area (Å²) >= 11 is 0. The molecule has 0 spiro atoms. The van der Waals surface area contributed by atoms with E-state index in [0.717, 1.165) is 5.92 Å². The molecular formula is C13H22. The average molecular weight is 178 g/mol. The zero-order valence-electron chi connectivity index (χ0n) is 9.10. The van der Waals surface area contributed by atoms with Gasteiger partial charge in [-0.05, 0) is 48.9 Å². The van der Waals surface area contributed by atoms with E-state index in [2.05, 4.69) is 26.5 Å². The molecule has 2 fully saturated rings. The molecule has 13 heavy (non-hydrogen) atoms. The Kier molecular flexibility index (Phi) is 2.05. The third kappa shape index (κ3) is 0.978. The molecule has 0 heteroatoms. The number of hydrogen-bond acceptors (Lipinski definition) is 0. The van der Waals surface area contributed by atoms with Crippen LogP contribution in [0.4, 0.5) is 0 Å². The van der Waals surface area contributed by atoms with Crippen LogP contribution in [-0.2, 0) is 0 Å². The molecule has 0 amide bonds. The Balaban J connectivity index is 2.17. The maximum atomic E-state index is 4.06. The smallest absolute Gasteiger partial charge is 0.00669 e. The van der Waals surface area contributed by atoms with Crippen molar-refractivity contribution in [3.63, 3.8) is 0 Å². The molecule has 2 saturated carbocycles. The SMILES string of the molecule is C=CC1(CC)CCC1(C)C1CCC1. The fraction of sp³-hybridized carbons (Fsp3) is 0.846. The highest BCUT2D eigenvalue weighted by atomic mass is 14.6. The molecule has 0 aromatic rings. The Morgan fingerprint density at radius 1 is 1.38 bits per heavy atom. The van der Waals surface area contributed by atoms with E-state index in [1.165, 1.54) is 38.5 Å². The summed E-state index contributed by atoms with van der Waals surface area (Å²) in [6.07, 6.45) is 10.8. The molecule has 0 radical (unpaired) electrons.